The molecule has 2 aromatic carbocycles. The normalized spacial score (nSPS) is 19.5. The first-order valence-electron chi connectivity index (χ1n) is 7.63. The van der Waals surface area contributed by atoms with Gasteiger partial charge in [0.1, 0.15) is 12.6 Å². The Morgan fingerprint density at radius 2 is 1.78 bits per heavy atom. The van der Waals surface area contributed by atoms with Gasteiger partial charge < -0.3 is 9.84 Å². The lowest BCUT2D eigenvalue weighted by molar-refractivity contribution is 0.149. The van der Waals surface area contributed by atoms with Crippen LogP contribution in [0.25, 0.3) is 0 Å². The van der Waals surface area contributed by atoms with Gasteiger partial charge in [-0.05, 0) is 17.2 Å². The predicted molar refractivity (Wildman–Crippen MR) is 87.9 cm³/mol. The molecule has 0 spiro atoms. The van der Waals surface area contributed by atoms with Gasteiger partial charge in [0, 0.05) is 5.92 Å². The van der Waals surface area contributed by atoms with Crippen molar-refractivity contribution in [2.75, 3.05) is 6.61 Å². The summed E-state index contributed by atoms with van der Waals surface area (Å²) < 4.78 is 5.13. The molecule has 1 aliphatic heterocycles. The van der Waals surface area contributed by atoms with Crippen molar-refractivity contribution in [3.05, 3.63) is 83.7 Å². The number of hydrogen-bond acceptors (Lipinski definition) is 3. The molecule has 1 heterocycles. The second-order valence-corrected chi connectivity index (χ2v) is 5.60. The zero-order valence-corrected chi connectivity index (χ0v) is 12.9. The smallest absolute Gasteiger partial charge is 0.417 e. The maximum Gasteiger partial charge on any atom is 0.417 e. The van der Waals surface area contributed by atoms with Crippen molar-refractivity contribution < 1.29 is 14.6 Å². The minimum atomic E-state index is -0.520. The Labute approximate surface area is 135 Å². The number of amides is 1. The van der Waals surface area contributed by atoms with Gasteiger partial charge in [0.2, 0.25) is 0 Å². The van der Waals surface area contributed by atoms with Gasteiger partial charge in [-0.3, -0.25) is 0 Å². The zero-order valence-electron chi connectivity index (χ0n) is 12.9. The first-order valence-corrected chi connectivity index (χ1v) is 7.63. The van der Waals surface area contributed by atoms with Gasteiger partial charge in [0.25, 0.3) is 0 Å². The molecule has 4 heteroatoms. The fourth-order valence-electron chi connectivity index (χ4n) is 2.75. The summed E-state index contributed by atoms with van der Waals surface area (Å²) in [6.07, 6.45) is 1.16. The van der Waals surface area contributed by atoms with Gasteiger partial charge in [0.05, 0.1) is 0 Å². The van der Waals surface area contributed by atoms with Crippen molar-refractivity contribution in [2.45, 2.75) is 18.9 Å². The van der Waals surface area contributed by atoms with E-state index < -0.39 is 6.09 Å². The van der Waals surface area contributed by atoms with Gasteiger partial charge in [-0.15, -0.1) is 0 Å². The number of aliphatic hydroxyl groups excluding tert-OH is 1. The number of nitrogens with zero attached hydrogens (tertiary/aromatic N) is 1. The average molecular weight is 309 g/mol. The summed E-state index contributed by atoms with van der Waals surface area (Å²) in [6.45, 7) is 2.21. The molecule has 0 aliphatic carbocycles. The number of cyclic esters (lactones) is 1. The number of hydrogen-bond donors (Lipinski definition) is 1. The minimum absolute atomic E-state index is 0.0129. The summed E-state index contributed by atoms with van der Waals surface area (Å²) in [5, 5.41) is 10.5. The van der Waals surface area contributed by atoms with E-state index in [0.29, 0.717) is 0 Å². The van der Waals surface area contributed by atoms with E-state index in [9.17, 15) is 9.90 Å². The lowest BCUT2D eigenvalue weighted by Crippen LogP contribution is -2.27. The Bertz CT molecular complexity index is 697. The number of benzene rings is 2. The summed E-state index contributed by atoms with van der Waals surface area (Å²) in [6, 6.07) is 19.1. The monoisotopic (exact) mass is 309 g/mol. The molecule has 1 aliphatic rings. The number of rotatable bonds is 4. The Kier molecular flexibility index (Phi) is 4.33. The van der Waals surface area contributed by atoms with Gasteiger partial charge in [-0.2, -0.15) is 0 Å². The lowest BCUT2D eigenvalue weighted by atomic mass is 10.0. The molecule has 0 bridgehead atoms. The van der Waals surface area contributed by atoms with Crippen LogP contribution in [0.15, 0.2) is 72.6 Å². The molecule has 4 nitrogen and oxygen atoms in total. The number of ether oxygens (including phenoxy) is 1. The fraction of sp³-hybridized carbons (Fsp3) is 0.211. The molecule has 118 valence electrons. The van der Waals surface area contributed by atoms with E-state index in [0.717, 1.165) is 11.1 Å². The highest BCUT2D eigenvalue weighted by Crippen LogP contribution is 2.31. The maximum atomic E-state index is 12.0. The Morgan fingerprint density at radius 3 is 2.43 bits per heavy atom. The van der Waals surface area contributed by atoms with Crippen molar-refractivity contribution >= 4 is 6.09 Å². The first-order chi connectivity index (χ1) is 11.2. The molecule has 0 saturated carbocycles. The highest BCUT2D eigenvalue weighted by molar-refractivity contribution is 5.72. The van der Waals surface area contributed by atoms with Crippen molar-refractivity contribution in [1.82, 2.24) is 4.90 Å². The van der Waals surface area contributed by atoms with Gasteiger partial charge in [-0.25, -0.2) is 9.69 Å². The number of allylic oxidation sites excluding steroid dienone is 1. The van der Waals surface area contributed by atoms with Crippen LogP contribution in [-0.4, -0.2) is 22.7 Å². The molecular weight excluding hydrogens is 290 g/mol. The number of carbonyl (C=O) groups is 1. The average Bonchev–Trinajstić information content (AvgIpc) is 2.98. The van der Waals surface area contributed by atoms with E-state index in [-0.39, 0.29) is 24.4 Å². The largest absolute Gasteiger partial charge is 0.494 e. The highest BCUT2D eigenvalue weighted by atomic mass is 16.6. The Morgan fingerprint density at radius 1 is 1.17 bits per heavy atom. The third kappa shape index (κ3) is 3.21. The molecule has 23 heavy (non-hydrogen) atoms. The summed E-state index contributed by atoms with van der Waals surface area (Å²) in [7, 11) is 0. The van der Waals surface area contributed by atoms with Crippen LogP contribution < -0.4 is 0 Å². The second kappa shape index (κ2) is 6.57. The van der Waals surface area contributed by atoms with E-state index in [4.69, 9.17) is 4.74 Å². The van der Waals surface area contributed by atoms with Crippen LogP contribution >= 0.6 is 0 Å². The molecule has 1 saturated heterocycles. The molecule has 0 aromatic heterocycles. The van der Waals surface area contributed by atoms with Crippen LogP contribution in [0.2, 0.25) is 0 Å². The molecular formula is C19H19NO3. The molecule has 2 aromatic rings. The van der Waals surface area contributed by atoms with Crippen molar-refractivity contribution in [1.29, 1.82) is 0 Å². The summed E-state index contributed by atoms with van der Waals surface area (Å²) in [5.41, 5.74) is 2.01. The maximum absolute atomic E-state index is 12.0. The van der Waals surface area contributed by atoms with Crippen LogP contribution in [0.3, 0.4) is 0 Å². The van der Waals surface area contributed by atoms with Crippen LogP contribution in [0, 0.1) is 0 Å². The van der Waals surface area contributed by atoms with Crippen molar-refractivity contribution in [3.63, 3.8) is 0 Å². The van der Waals surface area contributed by atoms with Crippen LogP contribution in [-0.2, 0) is 4.74 Å². The zero-order chi connectivity index (χ0) is 16.2. The minimum Gasteiger partial charge on any atom is -0.494 e. The lowest BCUT2D eigenvalue weighted by Gasteiger charge is -2.21. The van der Waals surface area contributed by atoms with E-state index in [1.165, 1.54) is 4.90 Å². The molecule has 3 rings (SSSR count). The standard InChI is InChI=1S/C19H19NO3/c1-14(15-8-4-2-5-9-15)12-18(21)20-17(13-23-19(20)22)16-10-6-3-7-11-16/h2-12,14,17,21H,13H2,1H3/b18-12-/t14-,17+/m1/s1. The predicted octanol–water partition coefficient (Wildman–Crippen LogP) is 4.38. The molecule has 0 unspecified atom stereocenters. The first kappa shape index (κ1) is 15.2. The van der Waals surface area contributed by atoms with Crippen molar-refractivity contribution in [3.8, 4) is 0 Å². The summed E-state index contributed by atoms with van der Waals surface area (Å²) in [4.78, 5) is 13.3. The van der Waals surface area contributed by atoms with Gasteiger partial charge in [0.15, 0.2) is 5.88 Å². The van der Waals surface area contributed by atoms with Crippen LogP contribution in [0.5, 0.6) is 0 Å². The molecule has 2 atom stereocenters. The van der Waals surface area contributed by atoms with Gasteiger partial charge >= 0.3 is 6.09 Å². The van der Waals surface area contributed by atoms with E-state index in [2.05, 4.69) is 0 Å². The van der Waals surface area contributed by atoms with E-state index in [1.54, 1.807) is 6.08 Å². The molecule has 1 amide bonds. The summed E-state index contributed by atoms with van der Waals surface area (Å²) >= 11 is 0. The third-order valence-corrected chi connectivity index (χ3v) is 4.03. The SMILES string of the molecule is C[C@H](/C=C(\O)N1C(=O)OC[C@H]1c1ccccc1)c1ccccc1. The highest BCUT2D eigenvalue weighted by Gasteiger charge is 2.36. The quantitative estimate of drug-likeness (QED) is 0.853. The number of carbonyl (C=O) groups excluding carboxylic acids is 1. The van der Waals surface area contributed by atoms with Crippen LogP contribution in [0.1, 0.15) is 30.0 Å². The van der Waals surface area contributed by atoms with Crippen molar-refractivity contribution in [2.24, 2.45) is 0 Å². The van der Waals surface area contributed by atoms with E-state index >= 15 is 0 Å². The Balaban J connectivity index is 1.85. The molecule has 1 fully saturated rings. The van der Waals surface area contributed by atoms with Gasteiger partial charge in [-0.1, -0.05) is 67.6 Å². The second-order valence-electron chi connectivity index (χ2n) is 5.60. The topological polar surface area (TPSA) is 49.8 Å². The Hall–Kier alpha value is -2.75. The molecule has 0 radical (unpaired) electrons. The van der Waals surface area contributed by atoms with Crippen LogP contribution in [0.4, 0.5) is 4.79 Å². The molecule has 1 N–H and O–H groups in total. The van der Waals surface area contributed by atoms with E-state index in [1.807, 2.05) is 67.6 Å². The fourth-order valence-corrected chi connectivity index (χ4v) is 2.75. The summed E-state index contributed by atoms with van der Waals surface area (Å²) in [5.74, 6) is -0.0845. The number of aliphatic hydroxyl groups is 1. The third-order valence-electron chi connectivity index (χ3n) is 4.03.